The topological polar surface area (TPSA) is 309 Å². The Bertz CT molecular complexity index is 755. The lowest BCUT2D eigenvalue weighted by atomic mass is 10.2. The first kappa shape index (κ1) is 43.8. The van der Waals surface area contributed by atoms with Crippen molar-refractivity contribution in [1.82, 2.24) is 9.80 Å². The van der Waals surface area contributed by atoms with Crippen LogP contribution in [0.3, 0.4) is 0 Å². The fourth-order valence-electron chi connectivity index (χ4n) is 3.09. The molecule has 0 fully saturated rings. The number of unbranched alkanes of at least 4 members (excludes halogenated alkanes) is 4. The highest BCUT2D eigenvalue weighted by atomic mass is 31.2. The van der Waals surface area contributed by atoms with Crippen LogP contribution in [0.4, 0.5) is 0 Å². The van der Waals surface area contributed by atoms with Gasteiger partial charge in [0.1, 0.15) is 0 Å². The summed E-state index contributed by atoms with van der Waals surface area (Å²) in [5.41, 5.74) is 0. The van der Waals surface area contributed by atoms with Crippen molar-refractivity contribution in [3.05, 3.63) is 0 Å². The third kappa shape index (κ3) is 14.9. The van der Waals surface area contributed by atoms with Gasteiger partial charge in [0.05, 0.1) is 0 Å². The van der Waals surface area contributed by atoms with E-state index in [2.05, 4.69) is 0 Å². The van der Waals surface area contributed by atoms with Gasteiger partial charge in [-0.25, -0.2) is 0 Å². The van der Waals surface area contributed by atoms with E-state index >= 15 is 0 Å². The molecule has 0 bridgehead atoms. The molecule has 0 saturated carbocycles. The molecule has 21 heteroatoms. The van der Waals surface area contributed by atoms with Crippen LogP contribution in [0.2, 0.25) is 0 Å². The minimum absolute atomic E-state index is 0. The molecule has 0 unspecified atom stereocenters. The summed E-state index contributed by atoms with van der Waals surface area (Å²) in [5, 5.41) is 12.7. The summed E-state index contributed by atoms with van der Waals surface area (Å²) in [6.07, 6.45) is 4.38. The summed E-state index contributed by atoms with van der Waals surface area (Å²) >= 11 is 0. The Morgan fingerprint density at radius 3 is 0.923 bits per heavy atom. The Labute approximate surface area is 229 Å². The Hall–Kier alpha value is 0.400. The highest BCUT2D eigenvalue weighted by Gasteiger charge is 2.59. The maximum absolute atomic E-state index is 11.1. The zero-order chi connectivity index (χ0) is 30.6. The lowest BCUT2D eigenvalue weighted by Crippen LogP contribution is -2.34. The highest BCUT2D eigenvalue weighted by molar-refractivity contribution is 7.72. The summed E-state index contributed by atoms with van der Waals surface area (Å²) in [6, 6.07) is 0. The smallest absolute Gasteiger partial charge is 0.369 e. The molecular formula is C18H48N2O15P4. The van der Waals surface area contributed by atoms with Crippen molar-refractivity contribution in [2.24, 2.45) is 0 Å². The van der Waals surface area contributed by atoms with Crippen LogP contribution in [0.25, 0.3) is 0 Å². The number of hydrogen-bond acceptors (Lipinski definition) is 8. The molecule has 0 atom stereocenters. The molecule has 0 radical (unpaired) electrons. The Morgan fingerprint density at radius 2 is 0.744 bits per heavy atom. The number of aliphatic hydroxyl groups is 2. The predicted molar refractivity (Wildman–Crippen MR) is 145 cm³/mol. The van der Waals surface area contributed by atoms with Gasteiger partial charge in [-0.1, -0.05) is 39.5 Å². The van der Waals surface area contributed by atoms with Crippen LogP contribution >= 0.6 is 30.4 Å². The lowest BCUT2D eigenvalue weighted by molar-refractivity contribution is 0.111. The first-order chi connectivity index (χ1) is 16.9. The van der Waals surface area contributed by atoms with E-state index in [-0.39, 0.29) is 18.6 Å². The first-order valence-electron chi connectivity index (χ1n) is 12.0. The van der Waals surface area contributed by atoms with E-state index in [1.165, 1.54) is 0 Å². The minimum atomic E-state index is -5.33. The Morgan fingerprint density at radius 1 is 0.513 bits per heavy atom. The van der Waals surface area contributed by atoms with Crippen molar-refractivity contribution in [3.8, 4) is 0 Å². The molecule has 39 heavy (non-hydrogen) atoms. The van der Waals surface area contributed by atoms with Crippen LogP contribution in [-0.2, 0) is 18.3 Å². The van der Waals surface area contributed by atoms with Crippen molar-refractivity contribution in [2.75, 3.05) is 40.3 Å². The van der Waals surface area contributed by atoms with Gasteiger partial charge in [0.2, 0.25) is 0 Å². The third-order valence-corrected chi connectivity index (χ3v) is 13.6. The molecule has 0 spiro atoms. The van der Waals surface area contributed by atoms with Gasteiger partial charge >= 0.3 is 30.4 Å². The zero-order valence-electron chi connectivity index (χ0n) is 22.8. The molecule has 0 aliphatic carbocycles. The van der Waals surface area contributed by atoms with Gasteiger partial charge in [0, 0.05) is 25.9 Å². The summed E-state index contributed by atoms with van der Waals surface area (Å²) < 4.78 is 44.4. The molecule has 0 saturated heterocycles. The molecule has 0 aliphatic heterocycles. The second-order valence-corrected chi connectivity index (χ2v) is 17.3. The van der Waals surface area contributed by atoms with Crippen LogP contribution in [0.5, 0.6) is 0 Å². The van der Waals surface area contributed by atoms with E-state index in [0.29, 0.717) is 13.1 Å². The normalized spacial score (nSPS) is 13.7. The van der Waals surface area contributed by atoms with Gasteiger partial charge in [0.25, 0.3) is 10.2 Å². The molecule has 17 nitrogen and oxygen atoms in total. The zero-order valence-corrected chi connectivity index (χ0v) is 26.4. The average molecular weight is 656 g/mol. The van der Waals surface area contributed by atoms with E-state index in [4.69, 9.17) is 39.1 Å². The second-order valence-electron chi connectivity index (χ2n) is 9.25. The van der Waals surface area contributed by atoms with Crippen molar-refractivity contribution < 1.29 is 73.1 Å². The maximum Gasteiger partial charge on any atom is 0.369 e. The molecule has 0 aromatic carbocycles. The minimum Gasteiger partial charge on any atom is -0.412 e. The van der Waals surface area contributed by atoms with Gasteiger partial charge in [-0.2, -0.15) is 0 Å². The van der Waals surface area contributed by atoms with Crippen LogP contribution < -0.4 is 0 Å². The van der Waals surface area contributed by atoms with E-state index in [0.717, 1.165) is 38.5 Å². The van der Waals surface area contributed by atoms with Gasteiger partial charge in [0.15, 0.2) is 0 Å². The van der Waals surface area contributed by atoms with Crippen molar-refractivity contribution in [3.63, 3.8) is 0 Å². The summed E-state index contributed by atoms with van der Waals surface area (Å²) in [5.74, 6) is 0. The summed E-state index contributed by atoms with van der Waals surface area (Å²) in [7, 11) is -18.0. The van der Waals surface area contributed by atoms with Crippen LogP contribution in [0.15, 0.2) is 0 Å². The second kappa shape index (κ2) is 18.1. The maximum atomic E-state index is 11.1. The molecule has 0 aromatic heterocycles. The van der Waals surface area contributed by atoms with Crippen molar-refractivity contribution in [1.29, 1.82) is 0 Å². The van der Waals surface area contributed by atoms with E-state index < -0.39 is 53.4 Å². The van der Waals surface area contributed by atoms with E-state index in [1.807, 2.05) is 13.8 Å². The molecular weight excluding hydrogens is 608 g/mol. The standard InChI is InChI=1S/2C9H23NO7P2.H2O/c2*1-3-4-5-7-10(2)8-6-9(11,18(12,13)14)19(15,16)17;/h2*11H,3-8H2,1-2H3,(H2,12,13,14)(H2,15,16,17);1H2. The molecule has 240 valence electrons. The predicted octanol–water partition coefficient (Wildman–Crippen LogP) is 0.175. The largest absolute Gasteiger partial charge is 0.412 e. The molecule has 12 N–H and O–H groups in total. The highest BCUT2D eigenvalue weighted by Crippen LogP contribution is 2.69. The lowest BCUT2D eigenvalue weighted by Gasteiger charge is -2.30. The molecule has 0 aromatic rings. The quantitative estimate of drug-likeness (QED) is 0.0694. The Kier molecular flexibility index (Phi) is 20.4. The van der Waals surface area contributed by atoms with Gasteiger partial charge in [-0.05, 0) is 40.0 Å². The van der Waals surface area contributed by atoms with Crippen molar-refractivity contribution >= 4 is 30.4 Å². The summed E-state index contributed by atoms with van der Waals surface area (Å²) in [4.78, 5) is 74.9. The van der Waals surface area contributed by atoms with Gasteiger partial charge in [-0.15, -0.1) is 0 Å². The number of rotatable bonds is 18. The average Bonchev–Trinajstić information content (AvgIpc) is 2.73. The number of hydrogen-bond donors (Lipinski definition) is 10. The van der Waals surface area contributed by atoms with Crippen LogP contribution in [0, 0.1) is 0 Å². The third-order valence-electron chi connectivity index (χ3n) is 5.81. The SMILES string of the molecule is CCCCCN(C)CCC(O)(P(=O)(O)O)P(=O)(O)O.CCCCCN(C)CCC(O)(P(=O)(O)O)P(=O)(O)O.O. The molecule has 0 amide bonds. The monoisotopic (exact) mass is 656 g/mol. The fourth-order valence-corrected chi connectivity index (χ4v) is 7.37. The van der Waals surface area contributed by atoms with Gasteiger partial charge in [-0.3, -0.25) is 18.3 Å². The van der Waals surface area contributed by atoms with Crippen molar-refractivity contribution in [2.45, 2.75) is 75.4 Å². The number of nitrogens with zero attached hydrogens (tertiary/aromatic N) is 2. The van der Waals surface area contributed by atoms with E-state index in [1.54, 1.807) is 23.9 Å². The van der Waals surface area contributed by atoms with Crippen LogP contribution in [-0.4, -0.2) is 115 Å². The molecule has 0 heterocycles. The first-order valence-corrected chi connectivity index (χ1v) is 18.4. The summed E-state index contributed by atoms with van der Waals surface area (Å²) in [6.45, 7) is 5.28. The molecule has 0 aliphatic rings. The Balaban J connectivity index is -0.000000648. The van der Waals surface area contributed by atoms with Gasteiger partial charge < -0.3 is 64.6 Å². The molecule has 0 rings (SSSR count). The van der Waals surface area contributed by atoms with Crippen LogP contribution in [0.1, 0.15) is 65.2 Å². The fraction of sp³-hybridized carbons (Fsp3) is 1.00. The van der Waals surface area contributed by atoms with E-state index in [9.17, 15) is 28.5 Å².